The molecular formula is C32H36Cl2MgO4. The summed E-state index contributed by atoms with van der Waals surface area (Å²) >= 11 is 5.23. The van der Waals surface area contributed by atoms with E-state index in [1.165, 1.54) is 0 Å². The first-order chi connectivity index (χ1) is 17.8. The van der Waals surface area contributed by atoms with Gasteiger partial charge in [-0.2, -0.15) is 0 Å². The van der Waals surface area contributed by atoms with Gasteiger partial charge in [0, 0.05) is 18.4 Å². The first-order valence-corrected chi connectivity index (χ1v) is 12.6. The van der Waals surface area contributed by atoms with Crippen LogP contribution in [0.4, 0.5) is 0 Å². The molecule has 0 aromatic heterocycles. The van der Waals surface area contributed by atoms with E-state index in [2.05, 4.69) is 32.9 Å². The Morgan fingerprint density at radius 2 is 1.21 bits per heavy atom. The average Bonchev–Trinajstić information content (AvgIpc) is 3.62. The second-order valence-electron chi connectivity index (χ2n) is 8.54. The van der Waals surface area contributed by atoms with Crippen LogP contribution >= 0.6 is 11.6 Å². The zero-order valence-corrected chi connectivity index (χ0v) is 25.4. The van der Waals surface area contributed by atoms with Crippen molar-refractivity contribution < 1.29 is 31.5 Å². The predicted octanol–water partition coefficient (Wildman–Crippen LogP) is 5.05. The van der Waals surface area contributed by atoms with Gasteiger partial charge in [0.15, 0.2) is 0 Å². The van der Waals surface area contributed by atoms with E-state index in [1.54, 1.807) is 54.6 Å². The number of ether oxygens (including phenoxy) is 1. The minimum Gasteiger partial charge on any atom is -1.00 e. The standard InChI is InChI=1S/C16H18O2.C9H7ClO.C5H8O.C2H3.ClH.Mg/c1-3-13-7-9-14(10-8-13)15(17)18-16(4-2)11-5-6-12-16;1-2-7-3-5-8(6-4-7)9(10)11;6-5-3-1-2-4-5;1-2;;/h3-4,7-10H,1-2,5-6,11-12H2;2-6H,1H2;1-4H2;1H,2H2;1H;/q;;;-1;;+2/p-1. The molecule has 2 fully saturated rings. The third kappa shape index (κ3) is 14.0. The number of rotatable bonds is 6. The largest absolute Gasteiger partial charge is 2.00 e. The van der Waals surface area contributed by atoms with E-state index in [0.29, 0.717) is 16.9 Å². The van der Waals surface area contributed by atoms with Gasteiger partial charge in [-0.05, 0) is 91.6 Å². The molecule has 4 nitrogen and oxygen atoms in total. The molecule has 0 saturated heterocycles. The molecule has 4 rings (SSSR count). The van der Waals surface area contributed by atoms with Gasteiger partial charge in [-0.3, -0.25) is 16.2 Å². The van der Waals surface area contributed by atoms with Crippen molar-refractivity contribution in [2.45, 2.75) is 57.0 Å². The summed E-state index contributed by atoms with van der Waals surface area (Å²) in [7, 11) is 0. The van der Waals surface area contributed by atoms with Crippen LogP contribution in [0.3, 0.4) is 0 Å². The van der Waals surface area contributed by atoms with Crippen LogP contribution < -0.4 is 12.4 Å². The number of carbonyl (C=O) groups is 3. The van der Waals surface area contributed by atoms with Crippen molar-refractivity contribution in [3.05, 3.63) is 110 Å². The Hall–Kier alpha value is -2.44. The van der Waals surface area contributed by atoms with Gasteiger partial charge in [-0.25, -0.2) is 4.79 Å². The Labute approximate surface area is 260 Å². The normalized spacial score (nSPS) is 14.0. The number of halogens is 2. The fourth-order valence-electron chi connectivity index (χ4n) is 3.84. The quantitative estimate of drug-likeness (QED) is 0.158. The zero-order chi connectivity index (χ0) is 27.7. The number of hydrogen-bond acceptors (Lipinski definition) is 4. The van der Waals surface area contributed by atoms with Gasteiger partial charge in [-0.1, -0.05) is 56.2 Å². The fraction of sp³-hybridized carbons (Fsp3) is 0.281. The molecule has 2 aliphatic carbocycles. The zero-order valence-electron chi connectivity index (χ0n) is 22.5. The molecule has 2 aromatic carbocycles. The van der Waals surface area contributed by atoms with Crippen LogP contribution in [-0.4, -0.2) is 45.6 Å². The molecule has 2 aliphatic rings. The minimum absolute atomic E-state index is 0. The number of carbonyl (C=O) groups excluding carboxylic acids is 3. The van der Waals surface area contributed by atoms with Gasteiger partial charge < -0.3 is 23.7 Å². The first-order valence-electron chi connectivity index (χ1n) is 12.3. The van der Waals surface area contributed by atoms with E-state index in [4.69, 9.17) is 16.3 Å². The topological polar surface area (TPSA) is 60.4 Å². The van der Waals surface area contributed by atoms with Crippen LogP contribution in [0.5, 0.6) is 0 Å². The molecule has 0 radical (unpaired) electrons. The summed E-state index contributed by atoms with van der Waals surface area (Å²) in [5.41, 5.74) is 2.61. The monoisotopic (exact) mass is 578 g/mol. The molecule has 2 saturated carbocycles. The predicted molar refractivity (Wildman–Crippen MR) is 159 cm³/mol. The van der Waals surface area contributed by atoms with Gasteiger partial charge in [0.25, 0.3) is 5.24 Å². The second kappa shape index (κ2) is 21.4. The van der Waals surface area contributed by atoms with Gasteiger partial charge in [0.05, 0.1) is 5.56 Å². The summed E-state index contributed by atoms with van der Waals surface area (Å²) < 4.78 is 5.62. The second-order valence-corrected chi connectivity index (χ2v) is 8.88. The van der Waals surface area contributed by atoms with Gasteiger partial charge >= 0.3 is 29.0 Å². The van der Waals surface area contributed by atoms with E-state index in [9.17, 15) is 14.4 Å². The first kappa shape index (κ1) is 38.7. The van der Waals surface area contributed by atoms with E-state index >= 15 is 0 Å². The molecule has 2 aromatic rings. The third-order valence-electron chi connectivity index (χ3n) is 6.03. The molecule has 0 spiro atoms. The maximum absolute atomic E-state index is 12.1. The van der Waals surface area contributed by atoms with Crippen LogP contribution in [0.15, 0.2) is 80.9 Å². The summed E-state index contributed by atoms with van der Waals surface area (Å²) in [6.07, 6.45) is 13.1. The maximum atomic E-state index is 12.1. The van der Waals surface area contributed by atoms with Crippen LogP contribution in [0, 0.1) is 6.58 Å². The molecule has 0 aliphatic heterocycles. The van der Waals surface area contributed by atoms with Crippen molar-refractivity contribution in [1.82, 2.24) is 0 Å². The number of ketones is 1. The molecule has 0 atom stereocenters. The summed E-state index contributed by atoms with van der Waals surface area (Å²) in [6, 6.07) is 14.2. The Kier molecular flexibility index (Phi) is 21.2. The van der Waals surface area contributed by atoms with Crippen molar-refractivity contribution in [1.29, 1.82) is 0 Å². The number of Topliss-reactive ketones (excluding diaryl/α,β-unsaturated/α-hetero) is 1. The Morgan fingerprint density at radius 1 is 0.795 bits per heavy atom. The maximum Gasteiger partial charge on any atom is 2.00 e. The third-order valence-corrected chi connectivity index (χ3v) is 6.25. The summed E-state index contributed by atoms with van der Waals surface area (Å²) in [4.78, 5) is 32.9. The Morgan fingerprint density at radius 3 is 1.51 bits per heavy atom. The van der Waals surface area contributed by atoms with Crippen molar-refractivity contribution in [3.63, 3.8) is 0 Å². The smallest absolute Gasteiger partial charge is 1.00 e. The van der Waals surface area contributed by atoms with Crippen molar-refractivity contribution in [3.8, 4) is 0 Å². The molecule has 0 bridgehead atoms. The number of hydrogen-bond donors (Lipinski definition) is 0. The van der Waals surface area contributed by atoms with Crippen LogP contribution in [-0.2, 0) is 9.53 Å². The van der Waals surface area contributed by atoms with Crippen LogP contribution in [0.2, 0.25) is 0 Å². The van der Waals surface area contributed by atoms with Gasteiger partial charge in [0.1, 0.15) is 11.4 Å². The minimum atomic E-state index is -0.450. The Bertz CT molecular complexity index is 1050. The van der Waals surface area contributed by atoms with Crippen molar-refractivity contribution in [2.24, 2.45) is 0 Å². The molecule has 0 amide bonds. The Balaban J connectivity index is 0. The van der Waals surface area contributed by atoms with Crippen LogP contribution in [0.25, 0.3) is 12.2 Å². The van der Waals surface area contributed by atoms with E-state index in [-0.39, 0.29) is 41.4 Å². The van der Waals surface area contributed by atoms with E-state index in [1.807, 2.05) is 12.1 Å². The van der Waals surface area contributed by atoms with Crippen molar-refractivity contribution in [2.75, 3.05) is 0 Å². The summed E-state index contributed by atoms with van der Waals surface area (Å²) in [6.45, 7) is 18.1. The molecule has 0 heterocycles. The molecule has 39 heavy (non-hydrogen) atoms. The molecular weight excluding hydrogens is 544 g/mol. The SMILES string of the molecule is C=Cc1ccc(C(=O)Cl)cc1.C=Cc1ccc(C(=O)OC2(C=C)CCCC2)cc1.O=C1CCCC1.[CH-]=C.[Cl-].[Mg+2]. The summed E-state index contributed by atoms with van der Waals surface area (Å²) in [5, 5.41) is -0.430. The molecule has 0 N–H and O–H groups in total. The number of esters is 1. The van der Waals surface area contributed by atoms with Gasteiger partial charge in [0.2, 0.25) is 0 Å². The average molecular weight is 580 g/mol. The molecule has 7 heteroatoms. The summed E-state index contributed by atoms with van der Waals surface area (Å²) in [5.74, 6) is 0.183. The van der Waals surface area contributed by atoms with Crippen LogP contribution in [0.1, 0.15) is 83.2 Å². The van der Waals surface area contributed by atoms with E-state index in [0.717, 1.165) is 62.5 Å². The van der Waals surface area contributed by atoms with Crippen molar-refractivity contribution >= 4 is 63.8 Å². The molecule has 204 valence electrons. The fourth-order valence-corrected chi connectivity index (χ4v) is 3.97. The molecule has 0 unspecified atom stereocenters. The number of benzene rings is 2. The van der Waals surface area contributed by atoms with E-state index < -0.39 is 10.8 Å². The van der Waals surface area contributed by atoms with Gasteiger partial charge in [-0.15, -0.1) is 0 Å².